The quantitative estimate of drug-likeness (QED) is 0.679. The van der Waals surface area contributed by atoms with Crippen molar-refractivity contribution in [1.29, 1.82) is 0 Å². The van der Waals surface area contributed by atoms with E-state index in [9.17, 15) is 15.2 Å². The Labute approximate surface area is 108 Å². The van der Waals surface area contributed by atoms with Gasteiger partial charge in [-0.05, 0) is 13.8 Å². The third-order valence-corrected chi connectivity index (χ3v) is 2.74. The molecule has 0 heterocycles. The smallest absolute Gasteiger partial charge is 0.272 e. The van der Waals surface area contributed by atoms with E-state index in [0.29, 0.717) is 0 Å². The molecule has 5 nitrogen and oxygen atoms in total. The molecule has 0 aliphatic heterocycles. The van der Waals surface area contributed by atoms with Crippen LogP contribution in [0.15, 0.2) is 12.1 Å². The molecule has 1 aromatic rings. The van der Waals surface area contributed by atoms with Crippen molar-refractivity contribution in [3.05, 3.63) is 32.3 Å². The van der Waals surface area contributed by atoms with Gasteiger partial charge < -0.3 is 9.84 Å². The number of hydrogen-bond acceptors (Lipinski definition) is 4. The maximum atomic E-state index is 10.6. The van der Waals surface area contributed by atoms with Crippen LogP contribution in [0.25, 0.3) is 0 Å². The topological polar surface area (TPSA) is 72.6 Å². The summed E-state index contributed by atoms with van der Waals surface area (Å²) in [5, 5.41) is 19.9. The fourth-order valence-electron chi connectivity index (χ4n) is 1.05. The third kappa shape index (κ3) is 3.46. The van der Waals surface area contributed by atoms with E-state index in [1.807, 2.05) is 0 Å². The predicted molar refractivity (Wildman–Crippen MR) is 64.9 cm³/mol. The van der Waals surface area contributed by atoms with Crippen LogP contribution in [0.2, 0.25) is 10.0 Å². The van der Waals surface area contributed by atoms with Crippen molar-refractivity contribution in [3.8, 4) is 5.75 Å². The van der Waals surface area contributed by atoms with Gasteiger partial charge in [0, 0.05) is 12.1 Å². The zero-order valence-electron chi connectivity index (χ0n) is 9.18. The minimum atomic E-state index is -0.711. The Hall–Kier alpha value is -1.04. The molecule has 0 aliphatic carbocycles. The van der Waals surface area contributed by atoms with E-state index in [0.717, 1.165) is 12.1 Å². The average Bonchev–Trinajstić information content (AvgIpc) is 2.22. The first-order chi connectivity index (χ1) is 7.82. The largest absolute Gasteiger partial charge is 0.485 e. The Balaban J connectivity index is 3.06. The number of rotatable bonds is 4. The Kier molecular flexibility index (Phi) is 4.56. The van der Waals surface area contributed by atoms with Gasteiger partial charge in [-0.3, -0.25) is 10.1 Å². The summed E-state index contributed by atoms with van der Waals surface area (Å²) in [5.41, 5.74) is -0.211. The average molecular weight is 280 g/mol. The molecule has 0 saturated carbocycles. The van der Waals surface area contributed by atoms with Gasteiger partial charge in [-0.15, -0.1) is 0 Å². The fraction of sp³-hybridized carbons (Fsp3) is 0.400. The highest BCUT2D eigenvalue weighted by Crippen LogP contribution is 2.37. The minimum Gasteiger partial charge on any atom is -0.485 e. The fourth-order valence-corrected chi connectivity index (χ4v) is 1.61. The van der Waals surface area contributed by atoms with Gasteiger partial charge in [0.25, 0.3) is 5.69 Å². The van der Waals surface area contributed by atoms with E-state index >= 15 is 0 Å². The molecule has 7 heteroatoms. The van der Waals surface area contributed by atoms with Crippen molar-refractivity contribution in [2.45, 2.75) is 26.1 Å². The molecular formula is C10H11Cl2NO4. The lowest BCUT2D eigenvalue weighted by Gasteiger charge is -2.18. The van der Waals surface area contributed by atoms with Crippen LogP contribution >= 0.6 is 23.2 Å². The second kappa shape index (κ2) is 5.53. The van der Waals surface area contributed by atoms with Crippen molar-refractivity contribution in [2.24, 2.45) is 0 Å². The van der Waals surface area contributed by atoms with Crippen LogP contribution in [-0.4, -0.2) is 22.2 Å². The number of ether oxygens (including phenoxy) is 1. The molecule has 2 atom stereocenters. The van der Waals surface area contributed by atoms with Crippen molar-refractivity contribution in [1.82, 2.24) is 0 Å². The molecule has 0 fully saturated rings. The molecular weight excluding hydrogens is 269 g/mol. The van der Waals surface area contributed by atoms with Crippen LogP contribution in [0.3, 0.4) is 0 Å². The summed E-state index contributed by atoms with van der Waals surface area (Å²) < 4.78 is 5.34. The van der Waals surface area contributed by atoms with Crippen LogP contribution in [0.4, 0.5) is 5.69 Å². The van der Waals surface area contributed by atoms with Gasteiger partial charge in [-0.2, -0.15) is 0 Å². The number of hydrogen-bond donors (Lipinski definition) is 1. The lowest BCUT2D eigenvalue weighted by Crippen LogP contribution is -2.25. The zero-order valence-corrected chi connectivity index (χ0v) is 10.7. The third-order valence-electron chi connectivity index (χ3n) is 2.18. The lowest BCUT2D eigenvalue weighted by molar-refractivity contribution is -0.384. The SMILES string of the molecule is CC(O)C(C)Oc1c(Cl)cc([N+](=O)[O-])cc1Cl. The number of halogens is 2. The van der Waals surface area contributed by atoms with Crippen molar-refractivity contribution >= 4 is 28.9 Å². The molecule has 0 aromatic heterocycles. The predicted octanol–water partition coefficient (Wildman–Crippen LogP) is 3.05. The molecule has 17 heavy (non-hydrogen) atoms. The Morgan fingerprint density at radius 2 is 1.82 bits per heavy atom. The van der Waals surface area contributed by atoms with Gasteiger partial charge in [0.1, 0.15) is 6.10 Å². The number of benzene rings is 1. The first kappa shape index (κ1) is 14.0. The second-order valence-corrected chi connectivity index (χ2v) is 4.37. The minimum absolute atomic E-state index is 0.0386. The zero-order chi connectivity index (χ0) is 13.2. The molecule has 2 unspecified atom stereocenters. The standard InChI is InChI=1S/C10H11Cl2NO4/c1-5(14)6(2)17-10-8(11)3-7(13(15)16)4-9(10)12/h3-6,14H,1-2H3. The van der Waals surface area contributed by atoms with Gasteiger partial charge >= 0.3 is 0 Å². The molecule has 0 spiro atoms. The van der Waals surface area contributed by atoms with Gasteiger partial charge in [0.05, 0.1) is 21.1 Å². The van der Waals surface area contributed by atoms with E-state index < -0.39 is 17.1 Å². The van der Waals surface area contributed by atoms with Gasteiger partial charge in [0.15, 0.2) is 5.75 Å². The van der Waals surface area contributed by atoms with Crippen LogP contribution < -0.4 is 4.74 Å². The maximum Gasteiger partial charge on any atom is 0.272 e. The highest BCUT2D eigenvalue weighted by atomic mass is 35.5. The van der Waals surface area contributed by atoms with Gasteiger partial charge in [-0.1, -0.05) is 23.2 Å². The van der Waals surface area contributed by atoms with E-state index in [1.165, 1.54) is 0 Å². The number of nitro benzene ring substituents is 1. The van der Waals surface area contributed by atoms with E-state index in [1.54, 1.807) is 13.8 Å². The summed E-state index contributed by atoms with van der Waals surface area (Å²) in [4.78, 5) is 9.96. The van der Waals surface area contributed by atoms with Crippen LogP contribution in [0, 0.1) is 10.1 Å². The summed E-state index contributed by atoms with van der Waals surface area (Å²) in [7, 11) is 0. The van der Waals surface area contributed by atoms with E-state index in [2.05, 4.69) is 0 Å². The van der Waals surface area contributed by atoms with Crippen LogP contribution in [-0.2, 0) is 0 Å². The molecule has 0 saturated heterocycles. The van der Waals surface area contributed by atoms with Crippen LogP contribution in [0.1, 0.15) is 13.8 Å². The number of aliphatic hydroxyl groups excluding tert-OH is 1. The summed E-state index contributed by atoms with van der Waals surface area (Å²) >= 11 is 11.7. The van der Waals surface area contributed by atoms with Gasteiger partial charge in [-0.25, -0.2) is 0 Å². The summed E-state index contributed by atoms with van der Waals surface area (Å²) in [6, 6.07) is 2.30. The molecule has 94 valence electrons. The first-order valence-electron chi connectivity index (χ1n) is 4.81. The van der Waals surface area contributed by atoms with E-state index in [4.69, 9.17) is 27.9 Å². The van der Waals surface area contributed by atoms with Crippen molar-refractivity contribution in [3.63, 3.8) is 0 Å². The Morgan fingerprint density at radius 3 is 2.18 bits per heavy atom. The van der Waals surface area contributed by atoms with Crippen molar-refractivity contribution < 1.29 is 14.8 Å². The normalized spacial score (nSPS) is 14.2. The van der Waals surface area contributed by atoms with Crippen molar-refractivity contribution in [2.75, 3.05) is 0 Å². The number of aliphatic hydroxyl groups is 1. The molecule has 0 radical (unpaired) electrons. The monoisotopic (exact) mass is 279 g/mol. The van der Waals surface area contributed by atoms with Gasteiger partial charge in [0.2, 0.25) is 0 Å². The molecule has 0 bridgehead atoms. The number of nitro groups is 1. The summed E-state index contributed by atoms with van der Waals surface area (Å²) in [6.07, 6.45) is -1.23. The molecule has 1 N–H and O–H groups in total. The lowest BCUT2D eigenvalue weighted by atomic mass is 10.2. The first-order valence-corrected chi connectivity index (χ1v) is 5.56. The Morgan fingerprint density at radius 1 is 1.35 bits per heavy atom. The summed E-state index contributed by atoms with van der Waals surface area (Å²) in [6.45, 7) is 3.19. The van der Waals surface area contributed by atoms with Crippen LogP contribution in [0.5, 0.6) is 5.75 Å². The Bertz CT molecular complexity index is 413. The molecule has 0 aliphatic rings. The molecule has 1 aromatic carbocycles. The highest BCUT2D eigenvalue weighted by molar-refractivity contribution is 6.37. The highest BCUT2D eigenvalue weighted by Gasteiger charge is 2.19. The second-order valence-electron chi connectivity index (χ2n) is 3.56. The molecule has 0 amide bonds. The summed E-state index contributed by atoms with van der Waals surface area (Å²) in [5.74, 6) is 0.132. The number of nitrogens with zero attached hydrogens (tertiary/aromatic N) is 1. The van der Waals surface area contributed by atoms with E-state index in [-0.39, 0.29) is 21.5 Å². The number of non-ortho nitro benzene ring substituents is 1. The maximum absolute atomic E-state index is 10.6. The molecule has 1 rings (SSSR count).